The molecule has 1 atom stereocenters. The van der Waals surface area contributed by atoms with Gasteiger partial charge in [0.05, 0.1) is 24.1 Å². The van der Waals surface area contributed by atoms with Crippen LogP contribution in [0, 0.1) is 0 Å². The van der Waals surface area contributed by atoms with Crippen LogP contribution < -0.4 is 4.74 Å². The maximum Gasteiger partial charge on any atom is 0.167 e. The van der Waals surface area contributed by atoms with Crippen LogP contribution in [0.2, 0.25) is 0 Å². The van der Waals surface area contributed by atoms with Crippen LogP contribution in [0.15, 0.2) is 24.4 Å². The number of rotatable bonds is 4. The zero-order chi connectivity index (χ0) is 14.1. The molecule has 20 heavy (non-hydrogen) atoms. The fourth-order valence-corrected chi connectivity index (χ4v) is 2.92. The normalized spacial score (nSPS) is 18.6. The molecule has 4 heteroatoms. The Kier molecular flexibility index (Phi) is 3.49. The summed E-state index contributed by atoms with van der Waals surface area (Å²) in [7, 11) is 3.58. The summed E-state index contributed by atoms with van der Waals surface area (Å²) in [5, 5.41) is 0.903. The number of Topliss-reactive ketones (excluding diaryl/α,β-unsaturated/α-hetero) is 1. The Bertz CT molecular complexity index is 638. The molecule has 1 unspecified atom stereocenters. The Morgan fingerprint density at radius 2 is 2.35 bits per heavy atom. The van der Waals surface area contributed by atoms with Crippen LogP contribution in [0.4, 0.5) is 0 Å². The molecule has 0 amide bonds. The van der Waals surface area contributed by atoms with Gasteiger partial charge in [-0.3, -0.25) is 4.79 Å². The van der Waals surface area contributed by atoms with E-state index in [0.717, 1.165) is 41.7 Å². The highest BCUT2D eigenvalue weighted by Gasteiger charge is 2.23. The predicted molar refractivity (Wildman–Crippen MR) is 77.4 cm³/mol. The molecule has 1 aromatic carbocycles. The van der Waals surface area contributed by atoms with E-state index in [1.54, 1.807) is 7.11 Å². The highest BCUT2D eigenvalue weighted by atomic mass is 16.5. The Labute approximate surface area is 118 Å². The molecule has 0 spiro atoms. The maximum absolute atomic E-state index is 12.5. The van der Waals surface area contributed by atoms with Gasteiger partial charge in [-0.1, -0.05) is 6.07 Å². The van der Waals surface area contributed by atoms with Gasteiger partial charge < -0.3 is 14.0 Å². The number of hydrogen-bond acceptors (Lipinski definition) is 3. The number of carbonyl (C=O) groups excluding carboxylic acids is 1. The Morgan fingerprint density at radius 1 is 1.50 bits per heavy atom. The first-order valence-electron chi connectivity index (χ1n) is 6.97. The fourth-order valence-electron chi connectivity index (χ4n) is 2.92. The van der Waals surface area contributed by atoms with Crippen molar-refractivity contribution in [3.05, 3.63) is 30.0 Å². The van der Waals surface area contributed by atoms with Gasteiger partial charge >= 0.3 is 0 Å². The number of aromatic nitrogens is 1. The van der Waals surface area contributed by atoms with E-state index >= 15 is 0 Å². The minimum absolute atomic E-state index is 0.0764. The molecule has 0 radical (unpaired) electrons. The van der Waals surface area contributed by atoms with Crippen LogP contribution in [-0.2, 0) is 11.8 Å². The third-order valence-corrected chi connectivity index (χ3v) is 3.93. The summed E-state index contributed by atoms with van der Waals surface area (Å²) in [5.74, 6) is 0.880. The van der Waals surface area contributed by atoms with Crippen molar-refractivity contribution < 1.29 is 14.3 Å². The van der Waals surface area contributed by atoms with E-state index in [9.17, 15) is 4.79 Å². The second kappa shape index (κ2) is 5.29. The molecule has 3 rings (SSSR count). The summed E-state index contributed by atoms with van der Waals surface area (Å²) >= 11 is 0. The van der Waals surface area contributed by atoms with Gasteiger partial charge in [-0.15, -0.1) is 0 Å². The van der Waals surface area contributed by atoms with Gasteiger partial charge in [0, 0.05) is 31.8 Å². The molecule has 1 aliphatic rings. The summed E-state index contributed by atoms with van der Waals surface area (Å²) in [6.07, 6.45) is 4.46. The average Bonchev–Trinajstić information content (AvgIpc) is 3.07. The first-order valence-corrected chi connectivity index (χ1v) is 6.97. The van der Waals surface area contributed by atoms with Crippen molar-refractivity contribution in [2.75, 3.05) is 13.7 Å². The van der Waals surface area contributed by atoms with Crippen LogP contribution in [0.25, 0.3) is 10.9 Å². The Morgan fingerprint density at radius 3 is 3.05 bits per heavy atom. The highest BCUT2D eigenvalue weighted by molar-refractivity contribution is 6.10. The number of methoxy groups -OCH3 is 1. The summed E-state index contributed by atoms with van der Waals surface area (Å²) in [6, 6.07) is 5.83. The zero-order valence-corrected chi connectivity index (χ0v) is 11.9. The van der Waals surface area contributed by atoms with Crippen molar-refractivity contribution in [3.63, 3.8) is 0 Å². The molecular formula is C16H19NO3. The standard InChI is InChI=1S/C16H19NO3/c1-17-10-12(14(18)9-11-5-4-8-20-11)16-13(17)6-3-7-15(16)19-2/h3,6-7,10-11H,4-5,8-9H2,1-2H3. The molecule has 2 heterocycles. The number of aryl methyl sites for hydroxylation is 1. The van der Waals surface area contributed by atoms with Gasteiger partial charge in [-0.05, 0) is 25.0 Å². The first-order chi connectivity index (χ1) is 9.70. The lowest BCUT2D eigenvalue weighted by molar-refractivity contribution is 0.0776. The minimum Gasteiger partial charge on any atom is -0.496 e. The first kappa shape index (κ1) is 13.2. The van der Waals surface area contributed by atoms with Gasteiger partial charge in [0.1, 0.15) is 5.75 Å². The lowest BCUT2D eigenvalue weighted by Gasteiger charge is -2.08. The molecule has 0 N–H and O–H groups in total. The van der Waals surface area contributed by atoms with Crippen molar-refractivity contribution in [1.82, 2.24) is 4.57 Å². The van der Waals surface area contributed by atoms with Crippen molar-refractivity contribution in [2.24, 2.45) is 7.05 Å². The van der Waals surface area contributed by atoms with Crippen molar-refractivity contribution in [1.29, 1.82) is 0 Å². The smallest absolute Gasteiger partial charge is 0.167 e. The van der Waals surface area contributed by atoms with Crippen LogP contribution in [0.3, 0.4) is 0 Å². The van der Waals surface area contributed by atoms with E-state index in [1.807, 2.05) is 36.0 Å². The van der Waals surface area contributed by atoms with Crippen molar-refractivity contribution >= 4 is 16.7 Å². The van der Waals surface area contributed by atoms with Gasteiger partial charge in [-0.2, -0.15) is 0 Å². The van der Waals surface area contributed by atoms with E-state index in [-0.39, 0.29) is 11.9 Å². The Hall–Kier alpha value is -1.81. The predicted octanol–water partition coefficient (Wildman–Crippen LogP) is 2.94. The van der Waals surface area contributed by atoms with E-state index < -0.39 is 0 Å². The van der Waals surface area contributed by atoms with E-state index in [2.05, 4.69) is 0 Å². The molecular weight excluding hydrogens is 254 g/mol. The zero-order valence-electron chi connectivity index (χ0n) is 11.9. The number of ketones is 1. The lowest BCUT2D eigenvalue weighted by Crippen LogP contribution is -2.12. The third-order valence-electron chi connectivity index (χ3n) is 3.93. The second-order valence-electron chi connectivity index (χ2n) is 5.27. The molecule has 4 nitrogen and oxygen atoms in total. The fraction of sp³-hybridized carbons (Fsp3) is 0.438. The highest BCUT2D eigenvalue weighted by Crippen LogP contribution is 2.31. The minimum atomic E-state index is 0.0764. The molecule has 0 saturated carbocycles. The second-order valence-corrected chi connectivity index (χ2v) is 5.27. The molecule has 2 aromatic rings. The van der Waals surface area contributed by atoms with Gasteiger partial charge in [0.2, 0.25) is 0 Å². The quantitative estimate of drug-likeness (QED) is 0.804. The van der Waals surface area contributed by atoms with Crippen molar-refractivity contribution in [3.8, 4) is 5.75 Å². The summed E-state index contributed by atoms with van der Waals surface area (Å²) in [4.78, 5) is 12.5. The molecule has 0 bridgehead atoms. The number of benzene rings is 1. The van der Waals surface area contributed by atoms with E-state index in [1.165, 1.54) is 0 Å². The van der Waals surface area contributed by atoms with Crippen LogP contribution in [0.1, 0.15) is 29.6 Å². The molecule has 1 aliphatic heterocycles. The van der Waals surface area contributed by atoms with E-state index in [4.69, 9.17) is 9.47 Å². The summed E-state index contributed by atoms with van der Waals surface area (Å²) < 4.78 is 12.9. The van der Waals surface area contributed by atoms with Crippen molar-refractivity contribution in [2.45, 2.75) is 25.4 Å². The molecule has 1 fully saturated rings. The molecule has 0 aliphatic carbocycles. The van der Waals surface area contributed by atoms with Crippen LogP contribution >= 0.6 is 0 Å². The number of nitrogens with zero attached hydrogens (tertiary/aromatic N) is 1. The number of carbonyl (C=O) groups is 1. The monoisotopic (exact) mass is 273 g/mol. The van der Waals surface area contributed by atoms with Crippen LogP contribution in [0.5, 0.6) is 5.75 Å². The van der Waals surface area contributed by atoms with E-state index in [0.29, 0.717) is 6.42 Å². The van der Waals surface area contributed by atoms with Crippen LogP contribution in [-0.4, -0.2) is 30.2 Å². The number of ether oxygens (including phenoxy) is 2. The third kappa shape index (κ3) is 2.20. The summed E-state index contributed by atoms with van der Waals surface area (Å²) in [6.45, 7) is 0.775. The van der Waals surface area contributed by atoms with Gasteiger partial charge in [0.25, 0.3) is 0 Å². The maximum atomic E-state index is 12.5. The van der Waals surface area contributed by atoms with Gasteiger partial charge in [-0.25, -0.2) is 0 Å². The average molecular weight is 273 g/mol. The summed E-state index contributed by atoms with van der Waals surface area (Å²) in [5.41, 5.74) is 1.75. The number of fused-ring (bicyclic) bond motifs is 1. The molecule has 1 saturated heterocycles. The lowest BCUT2D eigenvalue weighted by atomic mass is 10.0. The molecule has 106 valence electrons. The largest absolute Gasteiger partial charge is 0.496 e. The van der Waals surface area contributed by atoms with Gasteiger partial charge in [0.15, 0.2) is 5.78 Å². The topological polar surface area (TPSA) is 40.5 Å². The Balaban J connectivity index is 1.99. The number of hydrogen-bond donors (Lipinski definition) is 0. The SMILES string of the molecule is COc1cccc2c1c(C(=O)CC1CCCO1)cn2C. The molecule has 1 aromatic heterocycles.